The Balaban J connectivity index is 2.07. The van der Waals surface area contributed by atoms with Gasteiger partial charge in [-0.25, -0.2) is 8.42 Å². The Kier molecular flexibility index (Phi) is 6.01. The van der Waals surface area contributed by atoms with E-state index in [0.717, 1.165) is 6.07 Å². The van der Waals surface area contributed by atoms with Crippen LogP contribution in [0.25, 0.3) is 0 Å². The number of hydrogen-bond donors (Lipinski definition) is 2. The second-order valence-electron chi connectivity index (χ2n) is 6.76. The van der Waals surface area contributed by atoms with Crippen molar-refractivity contribution in [1.82, 2.24) is 0 Å². The van der Waals surface area contributed by atoms with Gasteiger partial charge in [0, 0.05) is 28.4 Å². The number of nitrogens with zero attached hydrogens (tertiary/aromatic N) is 1. The van der Waals surface area contributed by atoms with Crippen molar-refractivity contribution >= 4 is 38.7 Å². The van der Waals surface area contributed by atoms with Crippen molar-refractivity contribution < 1.29 is 23.2 Å². The topological polar surface area (TPSA) is 127 Å². The van der Waals surface area contributed by atoms with Gasteiger partial charge in [-0.2, -0.15) is 0 Å². The van der Waals surface area contributed by atoms with Gasteiger partial charge in [0.1, 0.15) is 10.6 Å². The number of carbonyl (C=O) groups excluding carboxylic acids is 1. The zero-order chi connectivity index (χ0) is 22.9. The number of aromatic hydroxyl groups is 1. The number of phenolic OH excluding ortho intramolecular Hbond substituents is 1. The Hall–Kier alpha value is -3.43. The van der Waals surface area contributed by atoms with E-state index in [4.69, 9.17) is 11.6 Å². The summed E-state index contributed by atoms with van der Waals surface area (Å²) in [5.74, 6) is -1.09. The minimum absolute atomic E-state index is 0.0291. The SMILES string of the molecule is Cc1cc(NC(=O)c2cccc([N+](=O)[O-])c2)c(C)c(S(=O)(=O)c2ccc(Cl)cc2)c1O. The van der Waals surface area contributed by atoms with Crippen LogP contribution in [0.2, 0.25) is 5.02 Å². The fourth-order valence-corrected chi connectivity index (χ4v) is 4.80. The number of non-ortho nitro benzene ring substituents is 1. The Bertz CT molecular complexity index is 1300. The number of hydrogen-bond acceptors (Lipinski definition) is 6. The average molecular weight is 461 g/mol. The molecule has 0 saturated carbocycles. The molecule has 0 unspecified atom stereocenters. The lowest BCUT2D eigenvalue weighted by Crippen LogP contribution is -2.15. The maximum absolute atomic E-state index is 13.2. The summed E-state index contributed by atoms with van der Waals surface area (Å²) in [4.78, 5) is 22.6. The van der Waals surface area contributed by atoms with Gasteiger partial charge in [0.15, 0.2) is 0 Å². The third-order valence-corrected chi connectivity index (χ3v) is 6.84. The molecule has 0 saturated heterocycles. The number of anilines is 1. The van der Waals surface area contributed by atoms with E-state index in [2.05, 4.69) is 5.32 Å². The Morgan fingerprint density at radius 3 is 2.35 bits per heavy atom. The van der Waals surface area contributed by atoms with Gasteiger partial charge in [0.2, 0.25) is 9.84 Å². The van der Waals surface area contributed by atoms with E-state index >= 15 is 0 Å². The summed E-state index contributed by atoms with van der Waals surface area (Å²) in [7, 11) is -4.13. The number of halogens is 1. The van der Waals surface area contributed by atoms with Crippen LogP contribution in [0.3, 0.4) is 0 Å². The first-order valence-electron chi connectivity index (χ1n) is 8.92. The molecule has 0 aliphatic heterocycles. The molecule has 3 aromatic rings. The number of nitrogens with one attached hydrogen (secondary N) is 1. The van der Waals surface area contributed by atoms with Crippen molar-refractivity contribution in [1.29, 1.82) is 0 Å². The van der Waals surface area contributed by atoms with Crippen LogP contribution in [0, 0.1) is 24.0 Å². The monoisotopic (exact) mass is 460 g/mol. The van der Waals surface area contributed by atoms with E-state index in [1.54, 1.807) is 0 Å². The molecule has 3 aromatic carbocycles. The fourth-order valence-electron chi connectivity index (χ4n) is 3.02. The minimum atomic E-state index is -4.13. The summed E-state index contributed by atoms with van der Waals surface area (Å²) in [6.45, 7) is 2.95. The Labute approximate surface area is 183 Å². The number of benzene rings is 3. The summed E-state index contributed by atoms with van der Waals surface area (Å²) >= 11 is 5.83. The third kappa shape index (κ3) is 4.37. The molecule has 0 atom stereocenters. The maximum Gasteiger partial charge on any atom is 0.270 e. The molecular formula is C21H17ClN2O6S. The van der Waals surface area contributed by atoms with Crippen LogP contribution >= 0.6 is 11.6 Å². The Morgan fingerprint density at radius 1 is 1.10 bits per heavy atom. The quantitative estimate of drug-likeness (QED) is 0.324. The fraction of sp³-hybridized carbons (Fsp3) is 0.0952. The van der Waals surface area contributed by atoms with E-state index in [0.29, 0.717) is 5.02 Å². The number of phenols is 1. The van der Waals surface area contributed by atoms with E-state index in [1.807, 2.05) is 0 Å². The van der Waals surface area contributed by atoms with Crippen LogP contribution in [0.1, 0.15) is 21.5 Å². The van der Waals surface area contributed by atoms with Crippen LogP contribution in [-0.2, 0) is 9.84 Å². The lowest BCUT2D eigenvalue weighted by molar-refractivity contribution is -0.384. The molecule has 3 rings (SSSR count). The molecule has 0 bridgehead atoms. The first-order valence-corrected chi connectivity index (χ1v) is 10.8. The number of aryl methyl sites for hydroxylation is 1. The Morgan fingerprint density at radius 2 is 1.74 bits per heavy atom. The van der Waals surface area contributed by atoms with Crippen molar-refractivity contribution in [3.05, 3.63) is 86.4 Å². The zero-order valence-electron chi connectivity index (χ0n) is 16.4. The van der Waals surface area contributed by atoms with Gasteiger partial charge < -0.3 is 10.4 Å². The van der Waals surface area contributed by atoms with Gasteiger partial charge >= 0.3 is 0 Å². The number of nitro benzene ring substituents is 1. The van der Waals surface area contributed by atoms with Crippen molar-refractivity contribution in [2.45, 2.75) is 23.6 Å². The minimum Gasteiger partial charge on any atom is -0.506 e. The largest absolute Gasteiger partial charge is 0.506 e. The molecule has 0 spiro atoms. The summed E-state index contributed by atoms with van der Waals surface area (Å²) < 4.78 is 26.4. The molecular weight excluding hydrogens is 444 g/mol. The molecule has 0 aliphatic rings. The molecule has 31 heavy (non-hydrogen) atoms. The molecule has 0 aromatic heterocycles. The zero-order valence-corrected chi connectivity index (χ0v) is 18.0. The van der Waals surface area contributed by atoms with Gasteiger partial charge in [-0.15, -0.1) is 0 Å². The molecule has 0 fully saturated rings. The highest BCUT2D eigenvalue weighted by atomic mass is 35.5. The number of carbonyl (C=O) groups is 1. The molecule has 0 aliphatic carbocycles. The van der Waals surface area contributed by atoms with E-state index in [-0.39, 0.29) is 37.9 Å². The van der Waals surface area contributed by atoms with Crippen LogP contribution in [-0.4, -0.2) is 24.4 Å². The number of rotatable bonds is 5. The first-order chi connectivity index (χ1) is 14.5. The van der Waals surface area contributed by atoms with Gasteiger partial charge in [0.25, 0.3) is 11.6 Å². The van der Waals surface area contributed by atoms with E-state index < -0.39 is 26.4 Å². The summed E-state index contributed by atoms with van der Waals surface area (Å²) in [6.07, 6.45) is 0. The highest BCUT2D eigenvalue weighted by Crippen LogP contribution is 2.38. The van der Waals surface area contributed by atoms with Crippen LogP contribution in [0.4, 0.5) is 11.4 Å². The molecule has 0 heterocycles. The molecule has 0 radical (unpaired) electrons. The predicted octanol–water partition coefficient (Wildman–Crippen LogP) is 4.66. The van der Waals surface area contributed by atoms with Gasteiger partial charge in [-0.05, 0) is 61.4 Å². The highest BCUT2D eigenvalue weighted by molar-refractivity contribution is 7.91. The van der Waals surface area contributed by atoms with Crippen LogP contribution in [0.15, 0.2) is 64.4 Å². The molecule has 2 N–H and O–H groups in total. The van der Waals surface area contributed by atoms with Crippen LogP contribution in [0.5, 0.6) is 5.75 Å². The lowest BCUT2D eigenvalue weighted by Gasteiger charge is -2.17. The lowest BCUT2D eigenvalue weighted by atomic mass is 10.1. The maximum atomic E-state index is 13.2. The number of amides is 1. The third-order valence-electron chi connectivity index (χ3n) is 4.65. The van der Waals surface area contributed by atoms with Crippen molar-refractivity contribution in [2.24, 2.45) is 0 Å². The van der Waals surface area contributed by atoms with Gasteiger partial charge in [-0.3, -0.25) is 14.9 Å². The number of sulfone groups is 1. The van der Waals surface area contributed by atoms with Crippen molar-refractivity contribution in [2.75, 3.05) is 5.32 Å². The second-order valence-corrected chi connectivity index (χ2v) is 9.09. The van der Waals surface area contributed by atoms with Gasteiger partial charge in [-0.1, -0.05) is 17.7 Å². The second kappa shape index (κ2) is 8.37. The van der Waals surface area contributed by atoms with Crippen molar-refractivity contribution in [3.8, 4) is 5.75 Å². The molecule has 8 nitrogen and oxygen atoms in total. The molecule has 10 heteroatoms. The number of nitro groups is 1. The predicted molar refractivity (Wildman–Crippen MR) is 116 cm³/mol. The first kappa shape index (κ1) is 22.3. The molecule has 1 amide bonds. The normalized spacial score (nSPS) is 11.2. The highest BCUT2D eigenvalue weighted by Gasteiger charge is 2.27. The standard InChI is InChI=1S/C21H17ClN2O6S/c1-12-10-18(23-21(26)14-4-3-5-16(11-14)24(27)28)13(2)20(19(12)25)31(29,30)17-8-6-15(22)7-9-17/h3-11,25H,1-2H3,(H,23,26). The van der Waals surface area contributed by atoms with Crippen LogP contribution < -0.4 is 5.32 Å². The summed E-state index contributed by atoms with van der Waals surface area (Å²) in [5.41, 5.74) is 0.280. The summed E-state index contributed by atoms with van der Waals surface area (Å²) in [5, 5.41) is 24.4. The van der Waals surface area contributed by atoms with E-state index in [1.165, 1.54) is 62.4 Å². The van der Waals surface area contributed by atoms with Gasteiger partial charge in [0.05, 0.1) is 9.82 Å². The van der Waals surface area contributed by atoms with E-state index in [9.17, 15) is 28.4 Å². The summed E-state index contributed by atoms with van der Waals surface area (Å²) in [6, 6.07) is 12.0. The smallest absolute Gasteiger partial charge is 0.270 e. The average Bonchev–Trinajstić information content (AvgIpc) is 2.72. The molecule has 160 valence electrons. The van der Waals surface area contributed by atoms with Crippen molar-refractivity contribution in [3.63, 3.8) is 0 Å².